The fraction of sp³-hybridized carbons (Fsp3) is 0.182. The number of carbonyl (C=O) groups is 1. The van der Waals surface area contributed by atoms with Gasteiger partial charge in [0.1, 0.15) is 6.33 Å². The summed E-state index contributed by atoms with van der Waals surface area (Å²) in [6.45, 7) is 1.21. The summed E-state index contributed by atoms with van der Waals surface area (Å²) in [7, 11) is 0. The minimum absolute atomic E-state index is 0.0769. The molecule has 0 spiro atoms. The van der Waals surface area contributed by atoms with Gasteiger partial charge in [0.2, 0.25) is 0 Å². The molecule has 1 aliphatic rings. The van der Waals surface area contributed by atoms with E-state index in [9.17, 15) is 4.79 Å². The molecule has 3 heterocycles. The zero-order chi connectivity index (χ0) is 11.0. The summed E-state index contributed by atoms with van der Waals surface area (Å²) < 4.78 is 0. The maximum atomic E-state index is 12.1. The van der Waals surface area contributed by atoms with Gasteiger partial charge >= 0.3 is 0 Å². The van der Waals surface area contributed by atoms with Crippen LogP contribution in [0.15, 0.2) is 30.0 Å². The van der Waals surface area contributed by atoms with Crippen molar-refractivity contribution in [2.45, 2.75) is 13.1 Å². The molecule has 0 radical (unpaired) electrons. The van der Waals surface area contributed by atoms with E-state index < -0.39 is 0 Å². The normalized spacial score (nSPS) is 13.9. The average Bonchev–Trinajstić information content (AvgIpc) is 2.97. The number of rotatable bonds is 1. The van der Waals surface area contributed by atoms with Gasteiger partial charge in [-0.1, -0.05) is 6.07 Å². The van der Waals surface area contributed by atoms with Gasteiger partial charge in [0.15, 0.2) is 0 Å². The molecule has 0 atom stereocenters. The van der Waals surface area contributed by atoms with E-state index in [2.05, 4.69) is 9.97 Å². The second-order valence-corrected chi connectivity index (χ2v) is 4.58. The quantitative estimate of drug-likeness (QED) is 0.750. The number of aromatic nitrogens is 2. The zero-order valence-electron chi connectivity index (χ0n) is 8.46. The number of thiophene rings is 1. The number of fused-ring (bicyclic) bond motifs is 1. The maximum Gasteiger partial charge on any atom is 0.264 e. The lowest BCUT2D eigenvalue weighted by molar-refractivity contribution is 0.0755. The van der Waals surface area contributed by atoms with Crippen molar-refractivity contribution in [3.8, 4) is 0 Å². The monoisotopic (exact) mass is 231 g/mol. The summed E-state index contributed by atoms with van der Waals surface area (Å²) in [5.74, 6) is 0.0769. The molecule has 0 bridgehead atoms. The van der Waals surface area contributed by atoms with Crippen molar-refractivity contribution in [1.29, 1.82) is 0 Å². The van der Waals surface area contributed by atoms with E-state index in [0.717, 1.165) is 16.1 Å². The fourth-order valence-electron chi connectivity index (χ4n) is 1.80. The molecule has 1 aliphatic heterocycles. The van der Waals surface area contributed by atoms with Gasteiger partial charge in [0.05, 0.1) is 17.1 Å². The highest BCUT2D eigenvalue weighted by Gasteiger charge is 2.25. The highest BCUT2D eigenvalue weighted by atomic mass is 32.1. The standard InChI is InChI=1S/C11H9N3OS/c15-11(10-2-1-3-16-10)14-5-8-4-12-7-13-9(8)6-14/h1-4,7H,5-6H2. The van der Waals surface area contributed by atoms with Crippen molar-refractivity contribution in [2.24, 2.45) is 0 Å². The third-order valence-corrected chi connectivity index (χ3v) is 3.46. The topological polar surface area (TPSA) is 46.1 Å². The van der Waals surface area contributed by atoms with Crippen LogP contribution in [-0.4, -0.2) is 20.8 Å². The van der Waals surface area contributed by atoms with Crippen LogP contribution >= 0.6 is 11.3 Å². The summed E-state index contributed by atoms with van der Waals surface area (Å²) in [4.78, 5) is 22.8. The number of amides is 1. The summed E-state index contributed by atoms with van der Waals surface area (Å²) in [6.07, 6.45) is 3.31. The molecule has 0 aliphatic carbocycles. The Bertz CT molecular complexity index is 499. The predicted molar refractivity (Wildman–Crippen MR) is 59.9 cm³/mol. The molecule has 4 nitrogen and oxygen atoms in total. The Morgan fingerprint density at radius 3 is 3.12 bits per heavy atom. The van der Waals surface area contributed by atoms with E-state index in [0.29, 0.717) is 13.1 Å². The van der Waals surface area contributed by atoms with Crippen molar-refractivity contribution in [3.05, 3.63) is 46.2 Å². The van der Waals surface area contributed by atoms with Gasteiger partial charge in [0, 0.05) is 18.3 Å². The molecule has 0 N–H and O–H groups in total. The Balaban J connectivity index is 1.84. The molecule has 1 amide bonds. The fourth-order valence-corrected chi connectivity index (χ4v) is 2.49. The van der Waals surface area contributed by atoms with Crippen LogP contribution in [0.25, 0.3) is 0 Å². The molecule has 16 heavy (non-hydrogen) atoms. The number of carbonyl (C=O) groups excluding carboxylic acids is 1. The molecule has 2 aromatic heterocycles. The zero-order valence-corrected chi connectivity index (χ0v) is 9.28. The Labute approximate surface area is 96.6 Å². The van der Waals surface area contributed by atoms with E-state index in [4.69, 9.17) is 0 Å². The first-order valence-electron chi connectivity index (χ1n) is 4.95. The highest BCUT2D eigenvalue weighted by Crippen LogP contribution is 2.22. The third-order valence-electron chi connectivity index (χ3n) is 2.60. The molecular formula is C11H9N3OS. The second kappa shape index (κ2) is 3.68. The number of hydrogen-bond donors (Lipinski definition) is 0. The van der Waals surface area contributed by atoms with E-state index in [1.807, 2.05) is 17.5 Å². The molecule has 3 rings (SSSR count). The Morgan fingerprint density at radius 2 is 2.38 bits per heavy atom. The van der Waals surface area contributed by atoms with Crippen LogP contribution in [0.4, 0.5) is 0 Å². The largest absolute Gasteiger partial charge is 0.328 e. The predicted octanol–water partition coefficient (Wildman–Crippen LogP) is 1.69. The number of nitrogens with zero attached hydrogens (tertiary/aromatic N) is 3. The lowest BCUT2D eigenvalue weighted by Gasteiger charge is -2.13. The van der Waals surface area contributed by atoms with Crippen LogP contribution in [0.5, 0.6) is 0 Å². The number of hydrogen-bond acceptors (Lipinski definition) is 4. The third kappa shape index (κ3) is 1.49. The minimum Gasteiger partial charge on any atom is -0.328 e. The molecule has 0 aromatic carbocycles. The van der Waals surface area contributed by atoms with Gasteiger partial charge in [-0.2, -0.15) is 0 Å². The van der Waals surface area contributed by atoms with Crippen LogP contribution < -0.4 is 0 Å². The van der Waals surface area contributed by atoms with Crippen LogP contribution in [0.1, 0.15) is 20.9 Å². The van der Waals surface area contributed by atoms with Gasteiger partial charge in [0.25, 0.3) is 5.91 Å². The van der Waals surface area contributed by atoms with Crippen molar-refractivity contribution in [3.63, 3.8) is 0 Å². The molecule has 5 heteroatoms. The Hall–Kier alpha value is -1.75. The van der Waals surface area contributed by atoms with Gasteiger partial charge in [-0.15, -0.1) is 11.3 Å². The van der Waals surface area contributed by atoms with E-state index in [1.165, 1.54) is 17.7 Å². The summed E-state index contributed by atoms with van der Waals surface area (Å²) in [5.41, 5.74) is 2.01. The molecule has 0 fully saturated rings. The smallest absolute Gasteiger partial charge is 0.264 e. The van der Waals surface area contributed by atoms with Crippen molar-refractivity contribution >= 4 is 17.2 Å². The van der Waals surface area contributed by atoms with Crippen LogP contribution in [0, 0.1) is 0 Å². The van der Waals surface area contributed by atoms with Gasteiger partial charge < -0.3 is 4.90 Å². The first-order valence-corrected chi connectivity index (χ1v) is 5.83. The first-order chi connectivity index (χ1) is 7.84. The second-order valence-electron chi connectivity index (χ2n) is 3.63. The summed E-state index contributed by atoms with van der Waals surface area (Å²) in [6, 6.07) is 3.74. The first kappa shape index (κ1) is 9.47. The van der Waals surface area contributed by atoms with Crippen LogP contribution in [0.2, 0.25) is 0 Å². The maximum absolute atomic E-state index is 12.1. The van der Waals surface area contributed by atoms with Gasteiger partial charge in [-0.05, 0) is 11.4 Å². The molecule has 0 saturated heterocycles. The van der Waals surface area contributed by atoms with Gasteiger partial charge in [-0.25, -0.2) is 9.97 Å². The highest BCUT2D eigenvalue weighted by molar-refractivity contribution is 7.12. The Kier molecular flexibility index (Phi) is 2.18. The van der Waals surface area contributed by atoms with Crippen LogP contribution in [-0.2, 0) is 13.1 Å². The van der Waals surface area contributed by atoms with E-state index in [-0.39, 0.29) is 5.91 Å². The van der Waals surface area contributed by atoms with Crippen molar-refractivity contribution in [1.82, 2.24) is 14.9 Å². The molecule has 0 saturated carbocycles. The van der Waals surface area contributed by atoms with E-state index >= 15 is 0 Å². The summed E-state index contributed by atoms with van der Waals surface area (Å²) in [5, 5.41) is 1.91. The minimum atomic E-state index is 0.0769. The van der Waals surface area contributed by atoms with Crippen molar-refractivity contribution in [2.75, 3.05) is 0 Å². The SMILES string of the molecule is O=C(c1cccs1)N1Cc2cncnc2C1. The molecule has 2 aromatic rings. The molecule has 80 valence electrons. The van der Waals surface area contributed by atoms with Crippen LogP contribution in [0.3, 0.4) is 0 Å². The Morgan fingerprint density at radius 1 is 1.44 bits per heavy atom. The lowest BCUT2D eigenvalue weighted by Crippen LogP contribution is -2.24. The average molecular weight is 231 g/mol. The van der Waals surface area contributed by atoms with Gasteiger partial charge in [-0.3, -0.25) is 4.79 Å². The van der Waals surface area contributed by atoms with Crippen molar-refractivity contribution < 1.29 is 4.79 Å². The molecular weight excluding hydrogens is 222 g/mol. The summed E-state index contributed by atoms with van der Waals surface area (Å²) >= 11 is 1.47. The lowest BCUT2D eigenvalue weighted by atomic mass is 10.3. The van der Waals surface area contributed by atoms with E-state index in [1.54, 1.807) is 11.1 Å². The molecule has 0 unspecified atom stereocenters.